The topological polar surface area (TPSA) is 95.5 Å². The van der Waals surface area contributed by atoms with Crippen molar-refractivity contribution in [2.75, 3.05) is 6.54 Å². The second kappa shape index (κ2) is 8.39. The van der Waals surface area contributed by atoms with E-state index in [0.29, 0.717) is 11.1 Å². The minimum atomic E-state index is -1.22. The first-order valence-corrected chi connectivity index (χ1v) is 7.29. The van der Waals surface area contributed by atoms with E-state index >= 15 is 0 Å². The molecule has 0 spiro atoms. The largest absolute Gasteiger partial charge is 0.480 e. The van der Waals surface area contributed by atoms with Crippen LogP contribution in [0, 0.1) is 5.82 Å². The maximum Gasteiger partial charge on any atom is 0.322 e. The van der Waals surface area contributed by atoms with Crippen molar-refractivity contribution in [1.29, 1.82) is 0 Å². The third-order valence-corrected chi connectivity index (χ3v) is 3.11. The van der Waals surface area contributed by atoms with E-state index < -0.39 is 30.1 Å². The highest BCUT2D eigenvalue weighted by Crippen LogP contribution is 2.08. The van der Waals surface area contributed by atoms with Gasteiger partial charge in [-0.25, -0.2) is 4.39 Å². The summed E-state index contributed by atoms with van der Waals surface area (Å²) in [6.45, 7) is -0.596. The van der Waals surface area contributed by atoms with Crippen molar-refractivity contribution in [2.24, 2.45) is 0 Å². The van der Waals surface area contributed by atoms with Gasteiger partial charge in [-0.05, 0) is 35.9 Å². The molecule has 2 rings (SSSR count). The average Bonchev–Trinajstić information content (AvgIpc) is 2.61. The van der Waals surface area contributed by atoms with Crippen LogP contribution in [0.5, 0.6) is 0 Å². The Morgan fingerprint density at radius 3 is 2.24 bits per heavy atom. The molecule has 2 amide bonds. The summed E-state index contributed by atoms with van der Waals surface area (Å²) in [6.07, 6.45) is 1.33. The molecule has 0 radical (unpaired) electrons. The Hall–Kier alpha value is -3.48. The zero-order valence-corrected chi connectivity index (χ0v) is 13.0. The van der Waals surface area contributed by atoms with Gasteiger partial charge in [-0.3, -0.25) is 14.4 Å². The Labute approximate surface area is 143 Å². The highest BCUT2D eigenvalue weighted by atomic mass is 19.1. The van der Waals surface area contributed by atoms with E-state index in [2.05, 4.69) is 10.6 Å². The molecule has 0 aliphatic heterocycles. The molecule has 0 heterocycles. The summed E-state index contributed by atoms with van der Waals surface area (Å²) in [5, 5.41) is 13.3. The molecule has 0 bridgehead atoms. The van der Waals surface area contributed by atoms with E-state index in [1.54, 1.807) is 30.3 Å². The summed E-state index contributed by atoms with van der Waals surface area (Å²) in [4.78, 5) is 35.0. The lowest BCUT2D eigenvalue weighted by Crippen LogP contribution is -2.37. The van der Waals surface area contributed by atoms with Crippen LogP contribution in [0.3, 0.4) is 0 Å². The number of carbonyl (C=O) groups is 3. The fourth-order valence-electron chi connectivity index (χ4n) is 1.92. The van der Waals surface area contributed by atoms with Gasteiger partial charge in [0.05, 0.1) is 0 Å². The quantitative estimate of drug-likeness (QED) is 0.698. The van der Waals surface area contributed by atoms with E-state index in [-0.39, 0.29) is 5.70 Å². The van der Waals surface area contributed by atoms with Crippen LogP contribution in [-0.4, -0.2) is 29.4 Å². The zero-order valence-electron chi connectivity index (χ0n) is 13.0. The molecule has 0 fully saturated rings. The summed E-state index contributed by atoms with van der Waals surface area (Å²) < 4.78 is 13.0. The van der Waals surface area contributed by atoms with Gasteiger partial charge in [0.25, 0.3) is 11.8 Å². The number of amides is 2. The fraction of sp³-hybridized carbons (Fsp3) is 0.0556. The monoisotopic (exact) mass is 342 g/mol. The smallest absolute Gasteiger partial charge is 0.322 e. The van der Waals surface area contributed by atoms with Crippen molar-refractivity contribution in [1.82, 2.24) is 10.6 Å². The summed E-state index contributed by atoms with van der Waals surface area (Å²) in [5.74, 6) is -2.96. The number of benzene rings is 2. The van der Waals surface area contributed by atoms with Crippen molar-refractivity contribution < 1.29 is 23.9 Å². The Morgan fingerprint density at radius 2 is 1.64 bits per heavy atom. The number of hydrogen-bond acceptors (Lipinski definition) is 3. The highest BCUT2D eigenvalue weighted by Gasteiger charge is 2.15. The molecule has 6 nitrogen and oxygen atoms in total. The number of hydrogen-bond donors (Lipinski definition) is 3. The lowest BCUT2D eigenvalue weighted by Gasteiger charge is -2.10. The van der Waals surface area contributed by atoms with Crippen molar-refractivity contribution in [2.45, 2.75) is 0 Å². The number of halogens is 1. The lowest BCUT2D eigenvalue weighted by molar-refractivity contribution is -0.137. The molecule has 128 valence electrons. The summed E-state index contributed by atoms with van der Waals surface area (Å²) >= 11 is 0. The Bertz CT molecular complexity index is 802. The molecule has 7 heteroatoms. The molecule has 2 aromatic carbocycles. The Balaban J connectivity index is 2.24. The van der Waals surface area contributed by atoms with Gasteiger partial charge in [0.2, 0.25) is 0 Å². The van der Waals surface area contributed by atoms with Crippen molar-refractivity contribution in [3.8, 4) is 0 Å². The van der Waals surface area contributed by atoms with Gasteiger partial charge in [0, 0.05) is 5.56 Å². The molecule has 0 aromatic heterocycles. The molecule has 0 aliphatic carbocycles. The van der Waals surface area contributed by atoms with Gasteiger partial charge in [0.15, 0.2) is 0 Å². The van der Waals surface area contributed by atoms with Gasteiger partial charge < -0.3 is 15.7 Å². The Kier molecular flexibility index (Phi) is 6.00. The van der Waals surface area contributed by atoms with Gasteiger partial charge in [0.1, 0.15) is 18.1 Å². The van der Waals surface area contributed by atoms with Crippen LogP contribution in [0.25, 0.3) is 6.08 Å². The van der Waals surface area contributed by atoms with Crippen LogP contribution in [-0.2, 0) is 9.59 Å². The molecular formula is C18H15FN2O4. The van der Waals surface area contributed by atoms with Gasteiger partial charge >= 0.3 is 5.97 Å². The lowest BCUT2D eigenvalue weighted by atomic mass is 10.1. The van der Waals surface area contributed by atoms with Crippen LogP contribution >= 0.6 is 0 Å². The first-order valence-electron chi connectivity index (χ1n) is 7.29. The standard InChI is InChI=1S/C18H15FN2O4/c19-14-8-6-12(7-9-14)10-15(18(25)20-11-16(22)23)21-17(24)13-4-2-1-3-5-13/h1-10H,11H2,(H,20,25)(H,21,24)(H,22,23)/b15-10-. The number of rotatable bonds is 6. The second-order valence-corrected chi connectivity index (χ2v) is 5.01. The predicted molar refractivity (Wildman–Crippen MR) is 88.9 cm³/mol. The van der Waals surface area contributed by atoms with Crippen LogP contribution < -0.4 is 10.6 Å². The van der Waals surface area contributed by atoms with Crippen LogP contribution in [0.2, 0.25) is 0 Å². The second-order valence-electron chi connectivity index (χ2n) is 5.01. The highest BCUT2D eigenvalue weighted by molar-refractivity contribution is 6.05. The maximum absolute atomic E-state index is 13.0. The molecule has 3 N–H and O–H groups in total. The van der Waals surface area contributed by atoms with E-state index in [4.69, 9.17) is 5.11 Å². The van der Waals surface area contributed by atoms with Crippen LogP contribution in [0.1, 0.15) is 15.9 Å². The first kappa shape index (κ1) is 17.9. The number of carboxylic acid groups (broad SMARTS) is 1. The van der Waals surface area contributed by atoms with Crippen LogP contribution in [0.4, 0.5) is 4.39 Å². The first-order chi connectivity index (χ1) is 12.0. The SMILES string of the molecule is O=C(O)CNC(=O)/C(=C/c1ccc(F)cc1)NC(=O)c1ccccc1. The molecular weight excluding hydrogens is 327 g/mol. The normalized spacial score (nSPS) is 10.8. The van der Waals surface area contributed by atoms with E-state index in [9.17, 15) is 18.8 Å². The fourth-order valence-corrected chi connectivity index (χ4v) is 1.92. The van der Waals surface area contributed by atoms with Gasteiger partial charge in [-0.15, -0.1) is 0 Å². The minimum absolute atomic E-state index is 0.151. The van der Waals surface area contributed by atoms with Gasteiger partial charge in [-0.1, -0.05) is 30.3 Å². The van der Waals surface area contributed by atoms with E-state index in [1.807, 2.05) is 0 Å². The number of carbonyl (C=O) groups excluding carboxylic acids is 2. The van der Waals surface area contributed by atoms with Crippen molar-refractivity contribution >= 4 is 23.9 Å². The Morgan fingerprint density at radius 1 is 1.00 bits per heavy atom. The number of nitrogens with one attached hydrogen (secondary N) is 2. The maximum atomic E-state index is 13.0. The predicted octanol–water partition coefficient (Wildman–Crippen LogP) is 1.80. The van der Waals surface area contributed by atoms with Gasteiger partial charge in [-0.2, -0.15) is 0 Å². The van der Waals surface area contributed by atoms with Crippen molar-refractivity contribution in [3.63, 3.8) is 0 Å². The summed E-state index contributed by atoms with van der Waals surface area (Å²) in [6, 6.07) is 13.5. The molecule has 0 aliphatic rings. The third-order valence-electron chi connectivity index (χ3n) is 3.11. The minimum Gasteiger partial charge on any atom is -0.480 e. The molecule has 0 saturated heterocycles. The average molecular weight is 342 g/mol. The molecule has 2 aromatic rings. The summed E-state index contributed by atoms with van der Waals surface area (Å²) in [7, 11) is 0. The molecule has 0 atom stereocenters. The molecule has 0 saturated carbocycles. The summed E-state index contributed by atoms with van der Waals surface area (Å²) in [5.41, 5.74) is 0.649. The van der Waals surface area contributed by atoms with Crippen LogP contribution in [0.15, 0.2) is 60.3 Å². The molecule has 0 unspecified atom stereocenters. The van der Waals surface area contributed by atoms with E-state index in [1.165, 1.54) is 30.3 Å². The number of carboxylic acids is 1. The van der Waals surface area contributed by atoms with Crippen molar-refractivity contribution in [3.05, 3.63) is 77.2 Å². The molecule has 25 heavy (non-hydrogen) atoms. The number of aliphatic carboxylic acids is 1. The van der Waals surface area contributed by atoms with E-state index in [0.717, 1.165) is 0 Å². The zero-order chi connectivity index (χ0) is 18.2. The third kappa shape index (κ3) is 5.58.